The molecule has 118 valence electrons. The Kier molecular flexibility index (Phi) is 4.47. The van der Waals surface area contributed by atoms with Gasteiger partial charge in [-0.3, -0.25) is 10.1 Å². The van der Waals surface area contributed by atoms with Crippen LogP contribution in [0.15, 0.2) is 42.7 Å². The van der Waals surface area contributed by atoms with Gasteiger partial charge < -0.3 is 0 Å². The molecular formula is C16H17N5OS. The highest BCUT2D eigenvalue weighted by Crippen LogP contribution is 2.19. The Morgan fingerprint density at radius 1 is 1.26 bits per heavy atom. The van der Waals surface area contributed by atoms with Crippen molar-refractivity contribution in [1.29, 1.82) is 0 Å². The minimum atomic E-state index is -0.190. The van der Waals surface area contributed by atoms with E-state index in [0.717, 1.165) is 17.1 Å². The van der Waals surface area contributed by atoms with Crippen molar-refractivity contribution < 1.29 is 4.79 Å². The number of carbonyl (C=O) groups excluding carboxylic acids is 1. The zero-order valence-corrected chi connectivity index (χ0v) is 13.7. The van der Waals surface area contributed by atoms with E-state index in [9.17, 15) is 4.79 Å². The van der Waals surface area contributed by atoms with Crippen LogP contribution in [0.4, 0.5) is 5.13 Å². The number of carbonyl (C=O) groups is 1. The lowest BCUT2D eigenvalue weighted by Gasteiger charge is -2.04. The lowest BCUT2D eigenvalue weighted by molar-refractivity contribution is 0.102. The summed E-state index contributed by atoms with van der Waals surface area (Å²) in [4.78, 5) is 12.2. The number of hydrogen-bond donors (Lipinski definition) is 1. The second kappa shape index (κ2) is 6.70. The van der Waals surface area contributed by atoms with E-state index in [1.165, 1.54) is 11.3 Å². The molecular weight excluding hydrogens is 310 g/mol. The van der Waals surface area contributed by atoms with Crippen LogP contribution in [0.3, 0.4) is 0 Å². The molecule has 1 amide bonds. The second-order valence-electron chi connectivity index (χ2n) is 5.55. The quantitative estimate of drug-likeness (QED) is 0.781. The lowest BCUT2D eigenvalue weighted by Crippen LogP contribution is -2.11. The largest absolute Gasteiger partial charge is 0.296 e. The van der Waals surface area contributed by atoms with Crippen LogP contribution < -0.4 is 5.32 Å². The van der Waals surface area contributed by atoms with Gasteiger partial charge >= 0.3 is 0 Å². The zero-order valence-electron chi connectivity index (χ0n) is 12.9. The summed E-state index contributed by atoms with van der Waals surface area (Å²) in [5.74, 6) is 0.325. The molecule has 0 spiro atoms. The fourth-order valence-electron chi connectivity index (χ4n) is 2.09. The van der Waals surface area contributed by atoms with E-state index < -0.39 is 0 Å². The van der Waals surface area contributed by atoms with Crippen molar-refractivity contribution in [3.05, 3.63) is 53.3 Å². The average molecular weight is 327 g/mol. The van der Waals surface area contributed by atoms with Crippen LogP contribution >= 0.6 is 11.3 Å². The minimum Gasteiger partial charge on any atom is -0.296 e. The standard InChI is InChI=1S/C16H17N5OS/c1-11(2)10-14-19-20-16(23-14)18-15(22)12-4-6-13(7-5-12)21-9-3-8-17-21/h3-9,11H,10H2,1-2H3,(H,18,20,22). The van der Waals surface area contributed by atoms with E-state index in [1.54, 1.807) is 23.0 Å². The van der Waals surface area contributed by atoms with E-state index in [-0.39, 0.29) is 5.91 Å². The number of nitrogens with zero attached hydrogens (tertiary/aromatic N) is 4. The maximum Gasteiger partial charge on any atom is 0.257 e. The fourth-order valence-corrected chi connectivity index (χ4v) is 3.04. The van der Waals surface area contributed by atoms with E-state index >= 15 is 0 Å². The summed E-state index contributed by atoms with van der Waals surface area (Å²) in [6.45, 7) is 4.25. The molecule has 0 aliphatic carbocycles. The number of rotatable bonds is 5. The molecule has 1 aromatic carbocycles. The van der Waals surface area contributed by atoms with Crippen LogP contribution in [-0.2, 0) is 6.42 Å². The molecule has 23 heavy (non-hydrogen) atoms. The van der Waals surface area contributed by atoms with E-state index in [2.05, 4.69) is 34.5 Å². The van der Waals surface area contributed by atoms with Gasteiger partial charge in [0.1, 0.15) is 5.01 Å². The van der Waals surface area contributed by atoms with Crippen molar-refractivity contribution in [1.82, 2.24) is 20.0 Å². The van der Waals surface area contributed by atoms with Gasteiger partial charge in [0, 0.05) is 24.4 Å². The van der Waals surface area contributed by atoms with Crippen molar-refractivity contribution in [2.24, 2.45) is 5.92 Å². The Labute approximate surface area is 138 Å². The molecule has 0 radical (unpaired) electrons. The van der Waals surface area contributed by atoms with Gasteiger partial charge in [0.2, 0.25) is 5.13 Å². The summed E-state index contributed by atoms with van der Waals surface area (Å²) in [6, 6.07) is 9.09. The Morgan fingerprint density at radius 2 is 2.04 bits per heavy atom. The van der Waals surface area contributed by atoms with Crippen molar-refractivity contribution in [2.75, 3.05) is 5.32 Å². The molecule has 0 atom stereocenters. The monoisotopic (exact) mass is 327 g/mol. The third-order valence-electron chi connectivity index (χ3n) is 3.17. The van der Waals surface area contributed by atoms with Gasteiger partial charge in [0.15, 0.2) is 0 Å². The highest BCUT2D eigenvalue weighted by Gasteiger charge is 2.11. The van der Waals surface area contributed by atoms with Gasteiger partial charge in [-0.1, -0.05) is 25.2 Å². The molecule has 0 unspecified atom stereocenters. The molecule has 0 aliphatic heterocycles. The first kappa shape index (κ1) is 15.4. The molecule has 3 aromatic rings. The summed E-state index contributed by atoms with van der Waals surface area (Å²) < 4.78 is 1.74. The normalized spacial score (nSPS) is 10.9. The SMILES string of the molecule is CC(C)Cc1nnc(NC(=O)c2ccc(-n3cccn3)cc2)s1. The van der Waals surface area contributed by atoms with Crippen LogP contribution in [0.1, 0.15) is 29.2 Å². The van der Waals surface area contributed by atoms with Crippen LogP contribution in [0, 0.1) is 5.92 Å². The van der Waals surface area contributed by atoms with E-state index in [4.69, 9.17) is 0 Å². The molecule has 0 aliphatic rings. The second-order valence-corrected chi connectivity index (χ2v) is 6.61. The van der Waals surface area contributed by atoms with Gasteiger partial charge in [0.05, 0.1) is 5.69 Å². The summed E-state index contributed by atoms with van der Waals surface area (Å²) >= 11 is 1.42. The number of hydrogen-bond acceptors (Lipinski definition) is 5. The first-order valence-corrected chi connectivity index (χ1v) is 8.17. The molecule has 1 N–H and O–H groups in total. The maximum atomic E-state index is 12.2. The highest BCUT2D eigenvalue weighted by atomic mass is 32.1. The smallest absolute Gasteiger partial charge is 0.257 e. The number of aromatic nitrogens is 4. The molecule has 3 rings (SSSR count). The maximum absolute atomic E-state index is 12.2. The number of anilines is 1. The molecule has 2 heterocycles. The van der Waals surface area contributed by atoms with Gasteiger partial charge in [-0.2, -0.15) is 5.10 Å². The molecule has 0 saturated heterocycles. The van der Waals surface area contributed by atoms with Gasteiger partial charge in [0.25, 0.3) is 5.91 Å². The molecule has 6 nitrogen and oxygen atoms in total. The van der Waals surface area contributed by atoms with Gasteiger partial charge in [-0.15, -0.1) is 10.2 Å². The Balaban J connectivity index is 1.67. The Bertz CT molecular complexity index is 777. The molecule has 0 bridgehead atoms. The summed E-state index contributed by atoms with van der Waals surface area (Å²) in [5.41, 5.74) is 1.48. The molecule has 7 heteroatoms. The van der Waals surface area contributed by atoms with Crippen LogP contribution in [0.25, 0.3) is 5.69 Å². The van der Waals surface area contributed by atoms with E-state index in [0.29, 0.717) is 16.6 Å². The first-order chi connectivity index (χ1) is 11.1. The number of amides is 1. The fraction of sp³-hybridized carbons (Fsp3) is 0.250. The predicted octanol–water partition coefficient (Wildman–Crippen LogP) is 3.17. The molecule has 2 aromatic heterocycles. The number of benzene rings is 1. The van der Waals surface area contributed by atoms with E-state index in [1.807, 2.05) is 24.4 Å². The summed E-state index contributed by atoms with van der Waals surface area (Å²) in [5, 5.41) is 16.5. The highest BCUT2D eigenvalue weighted by molar-refractivity contribution is 7.15. The van der Waals surface area contributed by atoms with Gasteiger partial charge in [-0.05, 0) is 36.2 Å². The topological polar surface area (TPSA) is 72.7 Å². The lowest BCUT2D eigenvalue weighted by atomic mass is 10.1. The Hall–Kier alpha value is -2.54. The van der Waals surface area contributed by atoms with Crippen LogP contribution in [0.5, 0.6) is 0 Å². The predicted molar refractivity (Wildman–Crippen MR) is 90.0 cm³/mol. The minimum absolute atomic E-state index is 0.190. The Morgan fingerprint density at radius 3 is 2.70 bits per heavy atom. The first-order valence-electron chi connectivity index (χ1n) is 7.35. The van der Waals surface area contributed by atoms with Crippen molar-refractivity contribution in [2.45, 2.75) is 20.3 Å². The van der Waals surface area contributed by atoms with Crippen LogP contribution in [-0.4, -0.2) is 25.9 Å². The third kappa shape index (κ3) is 3.81. The average Bonchev–Trinajstić information content (AvgIpc) is 3.19. The number of nitrogens with one attached hydrogen (secondary N) is 1. The molecule has 0 fully saturated rings. The van der Waals surface area contributed by atoms with Crippen molar-refractivity contribution >= 4 is 22.4 Å². The summed E-state index contributed by atoms with van der Waals surface area (Å²) in [7, 11) is 0. The van der Waals surface area contributed by atoms with Crippen LogP contribution in [0.2, 0.25) is 0 Å². The zero-order chi connectivity index (χ0) is 16.2. The summed E-state index contributed by atoms with van der Waals surface area (Å²) in [6.07, 6.45) is 4.43. The molecule has 0 saturated carbocycles. The van der Waals surface area contributed by atoms with Crippen molar-refractivity contribution in [3.63, 3.8) is 0 Å². The third-order valence-corrected chi connectivity index (χ3v) is 4.03. The van der Waals surface area contributed by atoms with Gasteiger partial charge in [-0.25, -0.2) is 4.68 Å². The van der Waals surface area contributed by atoms with Crippen molar-refractivity contribution in [3.8, 4) is 5.69 Å².